The molecule has 2 heteroatoms. The van der Waals surface area contributed by atoms with Crippen LogP contribution in [-0.2, 0) is 0 Å². The normalized spacial score (nSPS) is 11.2. The van der Waals surface area contributed by atoms with Crippen molar-refractivity contribution in [2.45, 2.75) is 6.92 Å². The van der Waals surface area contributed by atoms with Crippen molar-refractivity contribution in [1.29, 1.82) is 0 Å². The maximum absolute atomic E-state index is 3.46. The summed E-state index contributed by atoms with van der Waals surface area (Å²) >= 11 is 0. The smallest absolute Gasteiger partial charge is 0.0541 e. The van der Waals surface area contributed by atoms with Gasteiger partial charge in [-0.15, -0.1) is 0 Å². The van der Waals surface area contributed by atoms with E-state index in [9.17, 15) is 0 Å². The first-order valence-electron chi connectivity index (χ1n) is 11.3. The van der Waals surface area contributed by atoms with Crippen LogP contribution in [0.2, 0.25) is 0 Å². The van der Waals surface area contributed by atoms with Crippen molar-refractivity contribution in [3.05, 3.63) is 127 Å². The monoisotopic (exact) mass is 424 g/mol. The van der Waals surface area contributed by atoms with E-state index in [2.05, 4.69) is 120 Å². The third-order valence-electron chi connectivity index (χ3n) is 6.22. The first-order chi connectivity index (χ1) is 16.3. The summed E-state index contributed by atoms with van der Waals surface area (Å²) in [6.45, 7) is 2.16. The van der Waals surface area contributed by atoms with Gasteiger partial charge in [0.15, 0.2) is 0 Å². The molecular weight excluding hydrogens is 400 g/mol. The Balaban J connectivity index is 1.45. The standard InChI is InChI=1S/C31H24N2/c1-22-12-18-30-28(20-22)29-21-24(15-19-31(29)33(30)27-10-6-3-7-11-27)23-13-16-26(17-14-23)32-25-8-4-2-5-9-25/h2-21,32H,1H3. The Labute approximate surface area is 193 Å². The van der Waals surface area contributed by atoms with Crippen molar-refractivity contribution in [2.75, 3.05) is 5.32 Å². The van der Waals surface area contributed by atoms with Gasteiger partial charge in [0.1, 0.15) is 0 Å². The third kappa shape index (κ3) is 3.56. The van der Waals surface area contributed by atoms with Crippen molar-refractivity contribution in [3.63, 3.8) is 0 Å². The number of nitrogens with one attached hydrogen (secondary N) is 1. The summed E-state index contributed by atoms with van der Waals surface area (Å²) < 4.78 is 2.36. The Morgan fingerprint density at radius 3 is 1.82 bits per heavy atom. The molecule has 1 aromatic heterocycles. The van der Waals surface area contributed by atoms with Crippen LogP contribution in [0.1, 0.15) is 5.56 Å². The molecule has 0 radical (unpaired) electrons. The second kappa shape index (κ2) is 7.99. The number of aryl methyl sites for hydroxylation is 1. The molecule has 0 aliphatic carbocycles. The van der Waals surface area contributed by atoms with E-state index in [1.54, 1.807) is 0 Å². The first kappa shape index (κ1) is 19.4. The van der Waals surface area contributed by atoms with Crippen LogP contribution in [-0.4, -0.2) is 4.57 Å². The fourth-order valence-electron chi connectivity index (χ4n) is 4.61. The molecule has 0 fully saturated rings. The number of anilines is 2. The lowest BCUT2D eigenvalue weighted by atomic mass is 10.0. The zero-order valence-electron chi connectivity index (χ0n) is 18.5. The highest BCUT2D eigenvalue weighted by atomic mass is 15.0. The Kier molecular flexibility index (Phi) is 4.70. The summed E-state index contributed by atoms with van der Waals surface area (Å²) in [5, 5.41) is 6.03. The maximum Gasteiger partial charge on any atom is 0.0541 e. The zero-order chi connectivity index (χ0) is 22.2. The molecule has 0 unspecified atom stereocenters. The molecule has 2 nitrogen and oxygen atoms in total. The van der Waals surface area contributed by atoms with E-state index in [-0.39, 0.29) is 0 Å². The molecule has 0 atom stereocenters. The van der Waals surface area contributed by atoms with Gasteiger partial charge in [-0.25, -0.2) is 0 Å². The number of nitrogens with zero attached hydrogens (tertiary/aromatic N) is 1. The number of rotatable bonds is 4. The molecule has 5 aromatic carbocycles. The average molecular weight is 425 g/mol. The molecule has 0 saturated heterocycles. The Hall–Kier alpha value is -4.30. The topological polar surface area (TPSA) is 17.0 Å². The second-order valence-electron chi connectivity index (χ2n) is 8.49. The molecular formula is C31H24N2. The van der Waals surface area contributed by atoms with Crippen molar-refractivity contribution >= 4 is 33.2 Å². The summed E-state index contributed by atoms with van der Waals surface area (Å²) in [4.78, 5) is 0. The van der Waals surface area contributed by atoms with Crippen LogP contribution < -0.4 is 5.32 Å². The number of hydrogen-bond acceptors (Lipinski definition) is 1. The fraction of sp³-hybridized carbons (Fsp3) is 0.0323. The van der Waals surface area contributed by atoms with Gasteiger partial charge in [-0.1, -0.05) is 66.2 Å². The third-order valence-corrected chi connectivity index (χ3v) is 6.22. The van der Waals surface area contributed by atoms with Crippen LogP contribution in [0.4, 0.5) is 11.4 Å². The van der Waals surface area contributed by atoms with Gasteiger partial charge in [0, 0.05) is 27.8 Å². The SMILES string of the molecule is Cc1ccc2c(c1)c1cc(-c3ccc(Nc4ccccc4)cc3)ccc1n2-c1ccccc1. The van der Waals surface area contributed by atoms with E-state index < -0.39 is 0 Å². The Bertz CT molecular complexity index is 1560. The molecule has 0 spiro atoms. The van der Waals surface area contributed by atoms with Crippen molar-refractivity contribution in [3.8, 4) is 16.8 Å². The van der Waals surface area contributed by atoms with Crippen LogP contribution in [0.5, 0.6) is 0 Å². The summed E-state index contributed by atoms with van der Waals surface area (Å²) in [5.41, 5.74) is 9.54. The lowest BCUT2D eigenvalue weighted by molar-refractivity contribution is 1.18. The van der Waals surface area contributed by atoms with Gasteiger partial charge in [0.05, 0.1) is 11.0 Å². The van der Waals surface area contributed by atoms with E-state index in [1.165, 1.54) is 44.2 Å². The van der Waals surface area contributed by atoms with Gasteiger partial charge in [-0.05, 0) is 78.7 Å². The minimum absolute atomic E-state index is 1.09. The van der Waals surface area contributed by atoms with Crippen LogP contribution in [0.15, 0.2) is 121 Å². The first-order valence-corrected chi connectivity index (χ1v) is 11.3. The van der Waals surface area contributed by atoms with Gasteiger partial charge in [-0.2, -0.15) is 0 Å². The summed E-state index contributed by atoms with van der Waals surface area (Å²) in [7, 11) is 0. The van der Waals surface area contributed by atoms with E-state index in [0.29, 0.717) is 0 Å². The quantitative estimate of drug-likeness (QED) is 0.300. The highest BCUT2D eigenvalue weighted by Crippen LogP contribution is 2.35. The van der Waals surface area contributed by atoms with Crippen molar-refractivity contribution in [1.82, 2.24) is 4.57 Å². The largest absolute Gasteiger partial charge is 0.356 e. The maximum atomic E-state index is 3.46. The fourth-order valence-corrected chi connectivity index (χ4v) is 4.61. The predicted molar refractivity (Wildman–Crippen MR) is 141 cm³/mol. The second-order valence-corrected chi connectivity index (χ2v) is 8.49. The number of benzene rings is 5. The summed E-state index contributed by atoms with van der Waals surface area (Å²) in [6, 6.07) is 43.1. The zero-order valence-corrected chi connectivity index (χ0v) is 18.5. The number of fused-ring (bicyclic) bond motifs is 3. The van der Waals surface area contributed by atoms with Crippen LogP contribution in [0, 0.1) is 6.92 Å². The lowest BCUT2D eigenvalue weighted by Gasteiger charge is -2.09. The molecule has 1 heterocycles. The van der Waals surface area contributed by atoms with Gasteiger partial charge in [-0.3, -0.25) is 0 Å². The van der Waals surface area contributed by atoms with E-state index >= 15 is 0 Å². The van der Waals surface area contributed by atoms with E-state index in [0.717, 1.165) is 11.4 Å². The highest BCUT2D eigenvalue weighted by molar-refractivity contribution is 6.10. The molecule has 6 aromatic rings. The summed E-state index contributed by atoms with van der Waals surface area (Å²) in [6.07, 6.45) is 0. The molecule has 0 bridgehead atoms. The lowest BCUT2D eigenvalue weighted by Crippen LogP contribution is -1.93. The van der Waals surface area contributed by atoms with Crippen LogP contribution in [0.25, 0.3) is 38.6 Å². The van der Waals surface area contributed by atoms with E-state index in [4.69, 9.17) is 0 Å². The highest BCUT2D eigenvalue weighted by Gasteiger charge is 2.13. The van der Waals surface area contributed by atoms with Gasteiger partial charge < -0.3 is 9.88 Å². The minimum atomic E-state index is 1.09. The van der Waals surface area contributed by atoms with Gasteiger partial charge >= 0.3 is 0 Å². The number of aromatic nitrogens is 1. The van der Waals surface area contributed by atoms with Gasteiger partial charge in [0.2, 0.25) is 0 Å². The van der Waals surface area contributed by atoms with Crippen molar-refractivity contribution in [2.24, 2.45) is 0 Å². The molecule has 6 rings (SSSR count). The number of hydrogen-bond donors (Lipinski definition) is 1. The molecule has 0 amide bonds. The molecule has 33 heavy (non-hydrogen) atoms. The summed E-state index contributed by atoms with van der Waals surface area (Å²) in [5.74, 6) is 0. The van der Waals surface area contributed by atoms with Crippen LogP contribution >= 0.6 is 0 Å². The predicted octanol–water partition coefficient (Wildman–Crippen LogP) is 8.50. The Morgan fingerprint density at radius 2 is 1.09 bits per heavy atom. The minimum Gasteiger partial charge on any atom is -0.356 e. The molecule has 1 N–H and O–H groups in total. The molecule has 158 valence electrons. The molecule has 0 saturated carbocycles. The van der Waals surface area contributed by atoms with E-state index in [1.807, 2.05) is 18.2 Å². The Morgan fingerprint density at radius 1 is 0.515 bits per heavy atom. The van der Waals surface area contributed by atoms with Gasteiger partial charge in [0.25, 0.3) is 0 Å². The van der Waals surface area contributed by atoms with Crippen LogP contribution in [0.3, 0.4) is 0 Å². The molecule has 0 aliphatic heterocycles. The average Bonchev–Trinajstić information content (AvgIpc) is 3.18. The molecule has 0 aliphatic rings. The number of para-hydroxylation sites is 2. The van der Waals surface area contributed by atoms with Crippen molar-refractivity contribution < 1.29 is 0 Å².